The quantitative estimate of drug-likeness (QED) is 0.875. The highest BCUT2D eigenvalue weighted by molar-refractivity contribution is 7.98. The molecule has 0 amide bonds. The number of hydrogen-bond donors (Lipinski definition) is 1. The van der Waals surface area contributed by atoms with E-state index in [-0.39, 0.29) is 5.28 Å². The predicted octanol–water partition coefficient (Wildman–Crippen LogP) is 3.06. The summed E-state index contributed by atoms with van der Waals surface area (Å²) in [5.74, 6) is 0.950. The lowest BCUT2D eigenvalue weighted by atomic mass is 10.3. The first kappa shape index (κ1) is 13.9. The molecule has 1 heterocycles. The van der Waals surface area contributed by atoms with Crippen molar-refractivity contribution in [2.24, 2.45) is 0 Å². The summed E-state index contributed by atoms with van der Waals surface area (Å²) in [5, 5.41) is 3.30. The highest BCUT2D eigenvalue weighted by Crippen LogP contribution is 2.22. The molecule has 2 aromatic rings. The van der Waals surface area contributed by atoms with E-state index in [1.165, 1.54) is 0 Å². The van der Waals surface area contributed by atoms with Gasteiger partial charge in [0.2, 0.25) is 17.2 Å². The van der Waals surface area contributed by atoms with Gasteiger partial charge in [0, 0.05) is 24.7 Å². The van der Waals surface area contributed by atoms with Crippen LogP contribution in [0.25, 0.3) is 0 Å². The minimum absolute atomic E-state index is 0.169. The van der Waals surface area contributed by atoms with Crippen molar-refractivity contribution in [3.8, 4) is 0 Å². The zero-order valence-electron chi connectivity index (χ0n) is 10.9. The van der Waals surface area contributed by atoms with E-state index in [1.54, 1.807) is 16.7 Å². The average Bonchev–Trinajstić information content (AvgIpc) is 2.38. The van der Waals surface area contributed by atoms with Crippen LogP contribution in [0, 0.1) is 0 Å². The fourth-order valence-electron chi connectivity index (χ4n) is 1.43. The molecule has 100 valence electrons. The first-order valence-corrected chi connectivity index (χ1v) is 7.19. The summed E-state index contributed by atoms with van der Waals surface area (Å²) >= 11 is 7.56. The van der Waals surface area contributed by atoms with E-state index >= 15 is 0 Å². The Labute approximate surface area is 121 Å². The Bertz CT molecular complexity index is 576. The van der Waals surface area contributed by atoms with E-state index in [4.69, 9.17) is 11.6 Å². The molecule has 2 rings (SSSR count). The second kappa shape index (κ2) is 6.08. The molecule has 1 aromatic carbocycles. The first-order chi connectivity index (χ1) is 9.08. The maximum Gasteiger partial charge on any atom is 0.233 e. The van der Waals surface area contributed by atoms with Crippen molar-refractivity contribution in [1.29, 1.82) is 0 Å². The first-order valence-electron chi connectivity index (χ1n) is 5.58. The average molecular weight is 296 g/mol. The normalized spacial score (nSPS) is 10.3. The molecule has 1 N–H and O–H groups in total. The molecule has 1 aromatic heterocycles. The van der Waals surface area contributed by atoms with Crippen LogP contribution in [0.4, 0.5) is 17.6 Å². The van der Waals surface area contributed by atoms with Crippen molar-refractivity contribution in [2.75, 3.05) is 30.6 Å². The fraction of sp³-hybridized carbons (Fsp3) is 0.250. The highest BCUT2D eigenvalue weighted by Gasteiger charge is 2.07. The zero-order chi connectivity index (χ0) is 13.8. The number of benzene rings is 1. The van der Waals surface area contributed by atoms with Gasteiger partial charge in [0.15, 0.2) is 0 Å². The Morgan fingerprint density at radius 2 is 2.00 bits per heavy atom. The molecule has 0 spiro atoms. The molecule has 5 nitrogen and oxygen atoms in total. The summed E-state index contributed by atoms with van der Waals surface area (Å²) in [6, 6.07) is 8.00. The summed E-state index contributed by atoms with van der Waals surface area (Å²) < 4.78 is 0. The molecule has 0 bridgehead atoms. The number of thioether (sulfide) groups is 1. The van der Waals surface area contributed by atoms with Gasteiger partial charge in [-0.3, -0.25) is 0 Å². The van der Waals surface area contributed by atoms with Crippen LogP contribution in [0.2, 0.25) is 5.28 Å². The molecule has 0 atom stereocenters. The highest BCUT2D eigenvalue weighted by atomic mass is 35.5. The minimum Gasteiger partial charge on any atom is -0.347 e. The maximum atomic E-state index is 5.89. The Morgan fingerprint density at radius 1 is 1.21 bits per heavy atom. The van der Waals surface area contributed by atoms with Crippen LogP contribution in [0.5, 0.6) is 0 Å². The van der Waals surface area contributed by atoms with Gasteiger partial charge >= 0.3 is 0 Å². The van der Waals surface area contributed by atoms with Gasteiger partial charge in [0.05, 0.1) is 0 Å². The third kappa shape index (κ3) is 3.71. The fourth-order valence-corrected chi connectivity index (χ4v) is 2.04. The molecule has 0 aliphatic carbocycles. The van der Waals surface area contributed by atoms with Gasteiger partial charge in [-0.2, -0.15) is 15.0 Å². The van der Waals surface area contributed by atoms with Crippen LogP contribution in [-0.2, 0) is 0 Å². The molecule has 0 saturated heterocycles. The summed E-state index contributed by atoms with van der Waals surface area (Å²) in [6.45, 7) is 0. The van der Waals surface area contributed by atoms with Crippen LogP contribution < -0.4 is 10.2 Å². The van der Waals surface area contributed by atoms with Crippen molar-refractivity contribution in [1.82, 2.24) is 15.0 Å². The Kier molecular flexibility index (Phi) is 4.44. The van der Waals surface area contributed by atoms with Gasteiger partial charge in [-0.1, -0.05) is 6.07 Å². The van der Waals surface area contributed by atoms with E-state index in [2.05, 4.69) is 20.3 Å². The van der Waals surface area contributed by atoms with Crippen molar-refractivity contribution < 1.29 is 0 Å². The number of rotatable bonds is 4. The second-order valence-corrected chi connectivity index (χ2v) is 5.20. The minimum atomic E-state index is 0.169. The molecule has 0 saturated carbocycles. The number of hydrogen-bond acceptors (Lipinski definition) is 6. The number of aromatic nitrogens is 3. The third-order valence-electron chi connectivity index (χ3n) is 2.32. The van der Waals surface area contributed by atoms with Gasteiger partial charge < -0.3 is 10.2 Å². The zero-order valence-corrected chi connectivity index (χ0v) is 12.5. The van der Waals surface area contributed by atoms with Crippen molar-refractivity contribution in [2.45, 2.75) is 4.90 Å². The number of anilines is 3. The Morgan fingerprint density at radius 3 is 2.68 bits per heavy atom. The lowest BCUT2D eigenvalue weighted by Crippen LogP contribution is -2.14. The third-order valence-corrected chi connectivity index (χ3v) is 3.22. The Hall–Kier alpha value is -1.53. The summed E-state index contributed by atoms with van der Waals surface area (Å²) in [4.78, 5) is 15.3. The van der Waals surface area contributed by atoms with E-state index in [1.807, 2.05) is 44.6 Å². The standard InChI is InChI=1S/C12H14ClN5S/c1-18(2)12-16-10(13)15-11(17-12)14-8-5-4-6-9(7-8)19-3/h4-7H,1-3H3,(H,14,15,16,17). The smallest absolute Gasteiger partial charge is 0.233 e. The predicted molar refractivity (Wildman–Crippen MR) is 80.7 cm³/mol. The molecule has 7 heteroatoms. The van der Waals surface area contributed by atoms with Gasteiger partial charge in [0.25, 0.3) is 0 Å². The van der Waals surface area contributed by atoms with Crippen LogP contribution in [0.15, 0.2) is 29.2 Å². The van der Waals surface area contributed by atoms with Crippen molar-refractivity contribution in [3.63, 3.8) is 0 Å². The number of nitrogens with zero attached hydrogens (tertiary/aromatic N) is 4. The molecule has 0 radical (unpaired) electrons. The second-order valence-electron chi connectivity index (χ2n) is 3.98. The number of halogens is 1. The SMILES string of the molecule is CSc1cccc(Nc2nc(Cl)nc(N(C)C)n2)c1. The molecule has 19 heavy (non-hydrogen) atoms. The maximum absolute atomic E-state index is 5.89. The molecule has 0 unspecified atom stereocenters. The summed E-state index contributed by atoms with van der Waals surface area (Å²) in [7, 11) is 3.70. The Balaban J connectivity index is 2.27. The van der Waals surface area contributed by atoms with Gasteiger partial charge in [-0.15, -0.1) is 11.8 Å². The van der Waals surface area contributed by atoms with Gasteiger partial charge in [-0.25, -0.2) is 0 Å². The molecule has 0 fully saturated rings. The molecule has 0 aliphatic heterocycles. The molecule has 0 aliphatic rings. The molecular weight excluding hydrogens is 282 g/mol. The van der Waals surface area contributed by atoms with E-state index in [9.17, 15) is 0 Å². The van der Waals surface area contributed by atoms with E-state index in [0.29, 0.717) is 11.9 Å². The van der Waals surface area contributed by atoms with E-state index in [0.717, 1.165) is 10.6 Å². The van der Waals surface area contributed by atoms with Gasteiger partial charge in [-0.05, 0) is 36.1 Å². The van der Waals surface area contributed by atoms with Crippen molar-refractivity contribution in [3.05, 3.63) is 29.5 Å². The summed E-state index contributed by atoms with van der Waals surface area (Å²) in [6.07, 6.45) is 2.03. The summed E-state index contributed by atoms with van der Waals surface area (Å²) in [5.41, 5.74) is 0.916. The van der Waals surface area contributed by atoms with E-state index < -0.39 is 0 Å². The molecular formula is C12H14ClN5S. The largest absolute Gasteiger partial charge is 0.347 e. The van der Waals surface area contributed by atoms with Crippen LogP contribution >= 0.6 is 23.4 Å². The number of nitrogens with one attached hydrogen (secondary N) is 1. The van der Waals surface area contributed by atoms with Gasteiger partial charge in [0.1, 0.15) is 0 Å². The van der Waals surface area contributed by atoms with Crippen LogP contribution in [-0.4, -0.2) is 35.3 Å². The van der Waals surface area contributed by atoms with Crippen LogP contribution in [0.1, 0.15) is 0 Å². The topological polar surface area (TPSA) is 53.9 Å². The monoisotopic (exact) mass is 295 g/mol. The lowest BCUT2D eigenvalue weighted by Gasteiger charge is -2.12. The lowest BCUT2D eigenvalue weighted by molar-refractivity contribution is 0.961. The van der Waals surface area contributed by atoms with Crippen molar-refractivity contribution >= 4 is 40.9 Å². The van der Waals surface area contributed by atoms with Crippen LogP contribution in [0.3, 0.4) is 0 Å².